The molecule has 3 heteroatoms. The predicted molar refractivity (Wildman–Crippen MR) is 75.3 cm³/mol. The second kappa shape index (κ2) is 5.14. The summed E-state index contributed by atoms with van der Waals surface area (Å²) < 4.78 is 0. The summed E-state index contributed by atoms with van der Waals surface area (Å²) in [6.45, 7) is 6.14. The third kappa shape index (κ3) is 2.83. The first kappa shape index (κ1) is 13.8. The third-order valence-corrected chi connectivity index (χ3v) is 5.10. The van der Waals surface area contributed by atoms with E-state index in [9.17, 15) is 9.90 Å². The largest absolute Gasteiger partial charge is 0.390 e. The van der Waals surface area contributed by atoms with Gasteiger partial charge in [-0.1, -0.05) is 20.3 Å². The van der Waals surface area contributed by atoms with Crippen LogP contribution in [0.3, 0.4) is 0 Å². The molecule has 0 bridgehead atoms. The van der Waals surface area contributed by atoms with Gasteiger partial charge >= 0.3 is 0 Å². The summed E-state index contributed by atoms with van der Waals surface area (Å²) in [7, 11) is 0. The SMILES string of the molecule is CC(C)c1csc(C(=O)C[C@@H]2CCC[C@@]2(C)O)c1. The molecular formula is C15H22O2S. The van der Waals surface area contributed by atoms with Crippen molar-refractivity contribution in [3.63, 3.8) is 0 Å². The summed E-state index contributed by atoms with van der Waals surface area (Å²) in [5, 5.41) is 12.3. The highest BCUT2D eigenvalue weighted by atomic mass is 32.1. The number of rotatable bonds is 4. The van der Waals surface area contributed by atoms with Crippen molar-refractivity contribution in [2.24, 2.45) is 5.92 Å². The van der Waals surface area contributed by atoms with Gasteiger partial charge in [0, 0.05) is 6.42 Å². The molecule has 0 aromatic carbocycles. The summed E-state index contributed by atoms with van der Waals surface area (Å²) in [5.74, 6) is 0.797. The molecule has 1 aliphatic carbocycles. The van der Waals surface area contributed by atoms with Crippen molar-refractivity contribution in [2.45, 2.75) is 58.0 Å². The average Bonchev–Trinajstić information content (AvgIpc) is 2.86. The minimum Gasteiger partial charge on any atom is -0.390 e. The fourth-order valence-electron chi connectivity index (χ4n) is 2.67. The zero-order valence-electron chi connectivity index (χ0n) is 11.4. The summed E-state index contributed by atoms with van der Waals surface area (Å²) in [5.41, 5.74) is 0.592. The lowest BCUT2D eigenvalue weighted by molar-refractivity contribution is 0.0182. The molecule has 2 atom stereocenters. The molecule has 1 heterocycles. The van der Waals surface area contributed by atoms with E-state index in [1.165, 1.54) is 16.9 Å². The fraction of sp³-hybridized carbons (Fsp3) is 0.667. The van der Waals surface area contributed by atoms with Gasteiger partial charge in [0.05, 0.1) is 10.5 Å². The van der Waals surface area contributed by atoms with Gasteiger partial charge in [0.15, 0.2) is 5.78 Å². The molecular weight excluding hydrogens is 244 g/mol. The molecule has 1 fully saturated rings. The van der Waals surface area contributed by atoms with Crippen LogP contribution in [0.15, 0.2) is 11.4 Å². The van der Waals surface area contributed by atoms with Gasteiger partial charge in [-0.3, -0.25) is 4.79 Å². The number of carbonyl (C=O) groups is 1. The van der Waals surface area contributed by atoms with E-state index in [1.54, 1.807) is 0 Å². The lowest BCUT2D eigenvalue weighted by atomic mass is 9.88. The Balaban J connectivity index is 2.03. The van der Waals surface area contributed by atoms with E-state index in [1.807, 2.05) is 13.0 Å². The number of Topliss-reactive ketones (excluding diaryl/α,β-unsaturated/α-hetero) is 1. The fourth-order valence-corrected chi connectivity index (χ4v) is 3.69. The van der Waals surface area contributed by atoms with E-state index < -0.39 is 5.60 Å². The van der Waals surface area contributed by atoms with Gasteiger partial charge in [-0.05, 0) is 48.6 Å². The predicted octanol–water partition coefficient (Wildman–Crippen LogP) is 4.00. The molecule has 1 aliphatic rings. The van der Waals surface area contributed by atoms with E-state index in [0.717, 1.165) is 24.1 Å². The lowest BCUT2D eigenvalue weighted by Gasteiger charge is -2.24. The van der Waals surface area contributed by atoms with Crippen molar-refractivity contribution in [1.82, 2.24) is 0 Å². The maximum atomic E-state index is 12.2. The Morgan fingerprint density at radius 2 is 2.33 bits per heavy atom. The Morgan fingerprint density at radius 3 is 2.83 bits per heavy atom. The highest BCUT2D eigenvalue weighted by Gasteiger charge is 2.37. The van der Waals surface area contributed by atoms with Crippen LogP contribution < -0.4 is 0 Å². The molecule has 18 heavy (non-hydrogen) atoms. The van der Waals surface area contributed by atoms with Crippen molar-refractivity contribution < 1.29 is 9.90 Å². The molecule has 2 nitrogen and oxygen atoms in total. The van der Waals surface area contributed by atoms with Gasteiger partial charge in [-0.2, -0.15) is 0 Å². The Bertz CT molecular complexity index is 431. The van der Waals surface area contributed by atoms with Gasteiger partial charge < -0.3 is 5.11 Å². The minimum atomic E-state index is -0.645. The molecule has 100 valence electrons. The number of hydrogen-bond acceptors (Lipinski definition) is 3. The van der Waals surface area contributed by atoms with Crippen LogP contribution in [0.5, 0.6) is 0 Å². The Hall–Kier alpha value is -0.670. The number of thiophene rings is 1. The monoisotopic (exact) mass is 266 g/mol. The van der Waals surface area contributed by atoms with Crippen LogP contribution in [-0.2, 0) is 0 Å². The molecule has 1 aromatic rings. The molecule has 0 saturated heterocycles. The number of carbonyl (C=O) groups excluding carboxylic acids is 1. The number of hydrogen-bond donors (Lipinski definition) is 1. The van der Waals surface area contributed by atoms with Gasteiger partial charge in [0.1, 0.15) is 0 Å². The summed E-state index contributed by atoms with van der Waals surface area (Å²) in [4.78, 5) is 13.1. The van der Waals surface area contributed by atoms with E-state index in [-0.39, 0.29) is 11.7 Å². The van der Waals surface area contributed by atoms with E-state index in [4.69, 9.17) is 0 Å². The van der Waals surface area contributed by atoms with Crippen LogP contribution in [0.1, 0.15) is 67.6 Å². The summed E-state index contributed by atoms with van der Waals surface area (Å²) >= 11 is 1.54. The van der Waals surface area contributed by atoms with Crippen LogP contribution in [0, 0.1) is 5.92 Å². The quantitative estimate of drug-likeness (QED) is 0.836. The average molecular weight is 266 g/mol. The van der Waals surface area contributed by atoms with Crippen molar-refractivity contribution >= 4 is 17.1 Å². The van der Waals surface area contributed by atoms with Crippen molar-refractivity contribution in [1.29, 1.82) is 0 Å². The summed E-state index contributed by atoms with van der Waals surface area (Å²) in [6, 6.07) is 2.02. The van der Waals surface area contributed by atoms with Crippen LogP contribution in [0.4, 0.5) is 0 Å². The zero-order valence-corrected chi connectivity index (χ0v) is 12.2. The first-order valence-corrected chi connectivity index (χ1v) is 7.62. The van der Waals surface area contributed by atoms with Crippen LogP contribution in [-0.4, -0.2) is 16.5 Å². The Labute approximate surface area is 113 Å². The van der Waals surface area contributed by atoms with Crippen molar-refractivity contribution in [3.8, 4) is 0 Å². The highest BCUT2D eigenvalue weighted by Crippen LogP contribution is 2.38. The molecule has 0 unspecified atom stereocenters. The normalized spacial score (nSPS) is 27.9. The lowest BCUT2D eigenvalue weighted by Crippen LogP contribution is -2.30. The smallest absolute Gasteiger partial charge is 0.173 e. The van der Waals surface area contributed by atoms with Gasteiger partial charge in [-0.15, -0.1) is 11.3 Å². The third-order valence-electron chi connectivity index (χ3n) is 4.11. The zero-order chi connectivity index (χ0) is 13.3. The number of aliphatic hydroxyl groups is 1. The second-order valence-corrected chi connectivity index (χ2v) is 6.88. The topological polar surface area (TPSA) is 37.3 Å². The van der Waals surface area contributed by atoms with Crippen LogP contribution in [0.2, 0.25) is 0 Å². The molecule has 1 saturated carbocycles. The molecule has 1 N–H and O–H groups in total. The molecule has 0 spiro atoms. The Morgan fingerprint density at radius 1 is 1.61 bits per heavy atom. The minimum absolute atomic E-state index is 0.134. The first-order valence-electron chi connectivity index (χ1n) is 6.74. The molecule has 0 radical (unpaired) electrons. The van der Waals surface area contributed by atoms with E-state index in [0.29, 0.717) is 12.3 Å². The maximum Gasteiger partial charge on any atom is 0.173 e. The molecule has 0 amide bonds. The molecule has 2 rings (SSSR count). The van der Waals surface area contributed by atoms with Gasteiger partial charge in [0.2, 0.25) is 0 Å². The molecule has 1 aromatic heterocycles. The van der Waals surface area contributed by atoms with Crippen molar-refractivity contribution in [3.05, 3.63) is 21.9 Å². The van der Waals surface area contributed by atoms with E-state index in [2.05, 4.69) is 19.2 Å². The van der Waals surface area contributed by atoms with E-state index >= 15 is 0 Å². The van der Waals surface area contributed by atoms with Crippen LogP contribution in [0.25, 0.3) is 0 Å². The standard InChI is InChI=1S/C15H22O2S/c1-10(2)11-7-14(18-9-11)13(16)8-12-5-4-6-15(12,3)17/h7,9-10,12,17H,4-6,8H2,1-3H3/t12-,15+/m0/s1. The van der Waals surface area contributed by atoms with Crippen molar-refractivity contribution in [2.75, 3.05) is 0 Å². The second-order valence-electron chi connectivity index (χ2n) is 5.97. The molecule has 0 aliphatic heterocycles. The maximum absolute atomic E-state index is 12.2. The van der Waals surface area contributed by atoms with Gasteiger partial charge in [0.25, 0.3) is 0 Å². The van der Waals surface area contributed by atoms with Gasteiger partial charge in [-0.25, -0.2) is 0 Å². The number of ketones is 1. The first-order chi connectivity index (χ1) is 8.40. The highest BCUT2D eigenvalue weighted by molar-refractivity contribution is 7.12. The summed E-state index contributed by atoms with van der Waals surface area (Å²) in [6.07, 6.45) is 3.32. The van der Waals surface area contributed by atoms with Crippen LogP contribution >= 0.6 is 11.3 Å². The Kier molecular flexibility index (Phi) is 3.93.